The Kier molecular flexibility index (Phi) is 3.54. The van der Waals surface area contributed by atoms with Crippen LogP contribution >= 0.6 is 0 Å². The van der Waals surface area contributed by atoms with Crippen molar-refractivity contribution in [2.75, 3.05) is 0 Å². The summed E-state index contributed by atoms with van der Waals surface area (Å²) < 4.78 is 25.2. The molecule has 0 aromatic heterocycles. The van der Waals surface area contributed by atoms with Gasteiger partial charge in [-0.3, -0.25) is 4.79 Å². The summed E-state index contributed by atoms with van der Waals surface area (Å²) in [5.41, 5.74) is 8.21. The summed E-state index contributed by atoms with van der Waals surface area (Å²) in [6.45, 7) is 0. The second kappa shape index (κ2) is 4.88. The number of halogens is 2. The fraction of sp³-hybridized carbons (Fsp3) is 0. The van der Waals surface area contributed by atoms with Gasteiger partial charge in [0.2, 0.25) is 5.91 Å². The summed E-state index contributed by atoms with van der Waals surface area (Å²) >= 11 is 0. The van der Waals surface area contributed by atoms with Crippen molar-refractivity contribution in [3.63, 3.8) is 0 Å². The van der Waals surface area contributed by atoms with Crippen LogP contribution in [0.5, 0.6) is 0 Å². The van der Waals surface area contributed by atoms with Crippen molar-refractivity contribution in [2.45, 2.75) is 0 Å². The highest BCUT2D eigenvalue weighted by molar-refractivity contribution is 5.92. The molecule has 0 aliphatic rings. The van der Waals surface area contributed by atoms with E-state index >= 15 is 0 Å². The lowest BCUT2D eigenvalue weighted by atomic mass is 10.2. The zero-order valence-corrected chi connectivity index (χ0v) is 7.39. The Morgan fingerprint density at radius 3 is 2.73 bits per heavy atom. The van der Waals surface area contributed by atoms with Gasteiger partial charge in [0.1, 0.15) is 0 Å². The lowest BCUT2D eigenvalue weighted by Crippen LogP contribution is -1.86. The van der Waals surface area contributed by atoms with Crippen LogP contribution in [0.3, 0.4) is 0 Å². The number of azide groups is 1. The van der Waals surface area contributed by atoms with Crippen LogP contribution in [-0.4, -0.2) is 5.91 Å². The van der Waals surface area contributed by atoms with Crippen molar-refractivity contribution in [1.29, 1.82) is 0 Å². The molecule has 6 heteroatoms. The molecule has 0 spiro atoms. The predicted molar refractivity (Wildman–Crippen MR) is 49.5 cm³/mol. The van der Waals surface area contributed by atoms with Crippen molar-refractivity contribution < 1.29 is 13.6 Å². The first-order valence-corrected chi connectivity index (χ1v) is 3.85. The van der Waals surface area contributed by atoms with E-state index in [0.29, 0.717) is 5.56 Å². The highest BCUT2D eigenvalue weighted by Crippen LogP contribution is 2.09. The van der Waals surface area contributed by atoms with E-state index in [1.54, 1.807) is 0 Å². The molecule has 0 atom stereocenters. The minimum atomic E-state index is -1.01. The van der Waals surface area contributed by atoms with Gasteiger partial charge in [0.15, 0.2) is 11.6 Å². The van der Waals surface area contributed by atoms with Gasteiger partial charge in [-0.1, -0.05) is 12.1 Å². The second-order valence-corrected chi connectivity index (χ2v) is 2.53. The van der Waals surface area contributed by atoms with E-state index in [-0.39, 0.29) is 0 Å². The molecule has 0 saturated heterocycles. The van der Waals surface area contributed by atoms with Crippen LogP contribution in [-0.2, 0) is 4.79 Å². The highest BCUT2D eigenvalue weighted by atomic mass is 19.2. The molecule has 0 heterocycles. The Hall–Kier alpha value is -2.20. The summed E-state index contributed by atoms with van der Waals surface area (Å²) in [7, 11) is 0. The zero-order chi connectivity index (χ0) is 11.3. The Balaban J connectivity index is 2.85. The molecule has 0 unspecified atom stereocenters. The molecule has 0 aliphatic heterocycles. The second-order valence-electron chi connectivity index (χ2n) is 2.53. The predicted octanol–water partition coefficient (Wildman–Crippen LogP) is 2.81. The van der Waals surface area contributed by atoms with Crippen LogP contribution < -0.4 is 0 Å². The SMILES string of the molecule is [N-]=[N+]=NC(=O)C=Cc1ccc(F)c(F)c1. The van der Waals surface area contributed by atoms with Crippen LogP contribution in [0.1, 0.15) is 5.56 Å². The molecule has 0 fully saturated rings. The topological polar surface area (TPSA) is 65.8 Å². The first-order valence-electron chi connectivity index (χ1n) is 3.85. The Bertz CT molecular complexity index is 464. The van der Waals surface area contributed by atoms with Crippen molar-refractivity contribution in [3.05, 3.63) is 51.9 Å². The van der Waals surface area contributed by atoms with E-state index in [4.69, 9.17) is 5.53 Å². The third-order valence-electron chi connectivity index (χ3n) is 1.51. The Morgan fingerprint density at radius 2 is 2.13 bits per heavy atom. The third-order valence-corrected chi connectivity index (χ3v) is 1.51. The number of rotatable bonds is 2. The number of nitrogens with zero attached hydrogens (tertiary/aromatic N) is 3. The van der Waals surface area contributed by atoms with Crippen molar-refractivity contribution >= 4 is 12.0 Å². The van der Waals surface area contributed by atoms with Crippen LogP contribution in [0.15, 0.2) is 29.4 Å². The van der Waals surface area contributed by atoms with Crippen LogP contribution in [0.25, 0.3) is 16.5 Å². The molecule has 1 amide bonds. The minimum Gasteiger partial charge on any atom is -0.288 e. The minimum absolute atomic E-state index is 0.301. The molecule has 0 bridgehead atoms. The number of carbonyl (C=O) groups excluding carboxylic acids is 1. The molecule has 1 rings (SSSR count). The summed E-state index contributed by atoms with van der Waals surface area (Å²) in [6.07, 6.45) is 2.19. The summed E-state index contributed by atoms with van der Waals surface area (Å²) in [6, 6.07) is 3.15. The number of hydrogen-bond donors (Lipinski definition) is 0. The number of amides is 1. The van der Waals surface area contributed by atoms with E-state index in [9.17, 15) is 13.6 Å². The van der Waals surface area contributed by atoms with Gasteiger partial charge < -0.3 is 0 Å². The van der Waals surface area contributed by atoms with Crippen molar-refractivity contribution in [3.8, 4) is 0 Å². The van der Waals surface area contributed by atoms with Crippen LogP contribution in [0, 0.1) is 11.6 Å². The quantitative estimate of drug-likeness (QED) is 0.319. The van der Waals surface area contributed by atoms with Crippen molar-refractivity contribution in [2.24, 2.45) is 5.11 Å². The molecule has 0 N–H and O–H groups in total. The number of benzene rings is 1. The molecule has 1 aromatic carbocycles. The molecule has 1 aromatic rings. The fourth-order valence-electron chi connectivity index (χ4n) is 0.861. The van der Waals surface area contributed by atoms with Gasteiger partial charge in [-0.05, 0) is 34.4 Å². The van der Waals surface area contributed by atoms with Gasteiger partial charge in [0.05, 0.1) is 0 Å². The number of hydrogen-bond acceptors (Lipinski definition) is 1. The average Bonchev–Trinajstić information content (AvgIpc) is 2.20. The summed E-state index contributed by atoms with van der Waals surface area (Å²) in [5.74, 6) is -2.77. The molecule has 0 aliphatic carbocycles. The van der Waals surface area contributed by atoms with E-state index in [1.807, 2.05) is 0 Å². The van der Waals surface area contributed by atoms with Gasteiger partial charge >= 0.3 is 0 Å². The zero-order valence-electron chi connectivity index (χ0n) is 7.39. The first kappa shape index (κ1) is 10.9. The maximum absolute atomic E-state index is 12.7. The Labute approximate surface area is 83.5 Å². The maximum atomic E-state index is 12.7. The summed E-state index contributed by atoms with van der Waals surface area (Å²) in [5, 5.41) is 2.77. The standard InChI is InChI=1S/C9H5F2N3O/c10-7-3-1-6(5-8(7)11)2-4-9(15)13-14-12/h1-5H. The number of carbonyl (C=O) groups is 1. The van der Waals surface area contributed by atoms with Gasteiger partial charge in [0.25, 0.3) is 0 Å². The normalized spacial score (nSPS) is 10.0. The molecular weight excluding hydrogens is 204 g/mol. The molecule has 0 radical (unpaired) electrons. The largest absolute Gasteiger partial charge is 0.288 e. The fourth-order valence-corrected chi connectivity index (χ4v) is 0.861. The van der Waals surface area contributed by atoms with E-state index < -0.39 is 17.5 Å². The molecule has 4 nitrogen and oxygen atoms in total. The molecule has 76 valence electrons. The van der Waals surface area contributed by atoms with Crippen LogP contribution in [0.2, 0.25) is 0 Å². The van der Waals surface area contributed by atoms with Gasteiger partial charge in [-0.25, -0.2) is 8.78 Å². The maximum Gasteiger partial charge on any atom is 0.242 e. The molecular formula is C9H5F2N3O. The third kappa shape index (κ3) is 3.21. The van der Waals surface area contributed by atoms with Gasteiger partial charge in [0, 0.05) is 4.91 Å². The monoisotopic (exact) mass is 209 g/mol. The average molecular weight is 209 g/mol. The molecule has 15 heavy (non-hydrogen) atoms. The first-order chi connectivity index (χ1) is 7.13. The van der Waals surface area contributed by atoms with E-state index in [1.165, 1.54) is 12.1 Å². The lowest BCUT2D eigenvalue weighted by molar-refractivity contribution is -0.113. The van der Waals surface area contributed by atoms with Gasteiger partial charge in [-0.2, -0.15) is 0 Å². The van der Waals surface area contributed by atoms with Crippen molar-refractivity contribution in [1.82, 2.24) is 0 Å². The Morgan fingerprint density at radius 1 is 1.40 bits per heavy atom. The highest BCUT2D eigenvalue weighted by Gasteiger charge is 2.00. The smallest absolute Gasteiger partial charge is 0.242 e. The lowest BCUT2D eigenvalue weighted by Gasteiger charge is -1.94. The summed E-state index contributed by atoms with van der Waals surface area (Å²) in [4.78, 5) is 13.0. The van der Waals surface area contributed by atoms with E-state index in [0.717, 1.165) is 18.2 Å². The van der Waals surface area contributed by atoms with Crippen LogP contribution in [0.4, 0.5) is 8.78 Å². The van der Waals surface area contributed by atoms with E-state index in [2.05, 4.69) is 10.0 Å². The molecule has 0 saturated carbocycles. The van der Waals surface area contributed by atoms with Gasteiger partial charge in [-0.15, -0.1) is 0 Å².